The Morgan fingerprint density at radius 3 is 2.38 bits per heavy atom. The largest absolute Gasteiger partial charge is 0.497 e. The summed E-state index contributed by atoms with van der Waals surface area (Å²) in [5.41, 5.74) is 1.64. The summed E-state index contributed by atoms with van der Waals surface area (Å²) in [7, 11) is -6.09. The van der Waals surface area contributed by atoms with Gasteiger partial charge in [0.15, 0.2) is 0 Å². The van der Waals surface area contributed by atoms with E-state index >= 15 is 0 Å². The molecule has 0 radical (unpaired) electrons. The molecule has 1 aliphatic rings. The van der Waals surface area contributed by atoms with Crippen LogP contribution in [0.3, 0.4) is 0 Å². The van der Waals surface area contributed by atoms with E-state index in [9.17, 15) is 16.8 Å². The number of benzene rings is 3. The first-order chi connectivity index (χ1) is 15.2. The van der Waals surface area contributed by atoms with E-state index in [-0.39, 0.29) is 9.79 Å². The average Bonchev–Trinajstić information content (AvgIpc) is 2.78. The summed E-state index contributed by atoms with van der Waals surface area (Å²) >= 11 is 5.91. The summed E-state index contributed by atoms with van der Waals surface area (Å²) in [5.74, 6) is 0.569. The molecule has 0 amide bonds. The summed E-state index contributed by atoms with van der Waals surface area (Å²) in [6, 6.07) is 17.1. The Balaban J connectivity index is 1.64. The van der Waals surface area contributed by atoms with Crippen molar-refractivity contribution in [2.75, 3.05) is 22.7 Å². The van der Waals surface area contributed by atoms with Crippen LogP contribution in [0.2, 0.25) is 5.02 Å². The standard InChI is InChI=1S/C22H21ClN2O5S2/c1-30-19-8-10-20(11-9-19)32(28,29)25-13-3-4-16-14-18(7-12-22(16)25)24-31(26,27)21-6-2-5-17(23)15-21/h2,5-12,14-15,24H,3-4,13H2,1H3. The molecule has 32 heavy (non-hydrogen) atoms. The van der Waals surface area contributed by atoms with Gasteiger partial charge in [0.1, 0.15) is 5.75 Å². The maximum Gasteiger partial charge on any atom is 0.264 e. The zero-order chi connectivity index (χ0) is 22.9. The van der Waals surface area contributed by atoms with Crippen LogP contribution in [0, 0.1) is 0 Å². The third-order valence-electron chi connectivity index (χ3n) is 5.16. The van der Waals surface area contributed by atoms with Gasteiger partial charge in [0.05, 0.1) is 22.6 Å². The SMILES string of the molecule is COc1ccc(S(=O)(=O)N2CCCc3cc(NS(=O)(=O)c4cccc(Cl)c4)ccc32)cc1. The van der Waals surface area contributed by atoms with E-state index in [0.29, 0.717) is 41.5 Å². The molecule has 0 aromatic heterocycles. The Kier molecular flexibility index (Phi) is 6.07. The predicted octanol–water partition coefficient (Wildman–Crippen LogP) is 4.29. The van der Waals surface area contributed by atoms with E-state index in [0.717, 1.165) is 5.56 Å². The molecule has 0 unspecified atom stereocenters. The van der Waals surface area contributed by atoms with E-state index in [1.54, 1.807) is 42.5 Å². The van der Waals surface area contributed by atoms with Gasteiger partial charge in [-0.25, -0.2) is 16.8 Å². The highest BCUT2D eigenvalue weighted by atomic mass is 35.5. The lowest BCUT2D eigenvalue weighted by Gasteiger charge is -2.31. The molecular formula is C22H21ClN2O5S2. The minimum atomic E-state index is -3.83. The molecule has 3 aromatic rings. The Hall–Kier alpha value is -2.75. The van der Waals surface area contributed by atoms with Gasteiger partial charge in [0.2, 0.25) is 0 Å². The van der Waals surface area contributed by atoms with Crippen molar-refractivity contribution in [2.24, 2.45) is 0 Å². The molecule has 3 aromatic carbocycles. The van der Waals surface area contributed by atoms with Crippen LogP contribution in [0.1, 0.15) is 12.0 Å². The lowest BCUT2D eigenvalue weighted by Crippen LogP contribution is -2.35. The van der Waals surface area contributed by atoms with Crippen LogP contribution in [0.5, 0.6) is 5.75 Å². The normalized spacial score (nSPS) is 14.0. The van der Waals surface area contributed by atoms with Crippen LogP contribution in [0.15, 0.2) is 76.5 Å². The summed E-state index contributed by atoms with van der Waals surface area (Å²) in [6.07, 6.45) is 1.25. The van der Waals surface area contributed by atoms with Gasteiger partial charge in [-0.1, -0.05) is 17.7 Å². The van der Waals surface area contributed by atoms with Gasteiger partial charge in [0.25, 0.3) is 20.0 Å². The van der Waals surface area contributed by atoms with Crippen LogP contribution in [0.25, 0.3) is 0 Å². The molecule has 4 rings (SSSR count). The van der Waals surface area contributed by atoms with Crippen molar-refractivity contribution in [1.29, 1.82) is 0 Å². The molecule has 1 aliphatic heterocycles. The molecule has 0 fully saturated rings. The van der Waals surface area contributed by atoms with Gasteiger partial charge in [-0.3, -0.25) is 9.03 Å². The summed E-state index contributed by atoms with van der Waals surface area (Å²) in [5, 5.41) is 0.317. The second-order valence-electron chi connectivity index (χ2n) is 7.26. The molecule has 0 saturated carbocycles. The maximum atomic E-state index is 13.2. The first-order valence-corrected chi connectivity index (χ1v) is 13.1. The van der Waals surface area contributed by atoms with Crippen molar-refractivity contribution in [3.8, 4) is 5.75 Å². The number of anilines is 2. The summed E-state index contributed by atoms with van der Waals surface area (Å²) in [4.78, 5) is 0.211. The molecule has 7 nitrogen and oxygen atoms in total. The number of sulfonamides is 2. The number of fused-ring (bicyclic) bond motifs is 1. The smallest absolute Gasteiger partial charge is 0.264 e. The predicted molar refractivity (Wildman–Crippen MR) is 125 cm³/mol. The molecule has 0 saturated heterocycles. The Morgan fingerprint density at radius 2 is 1.69 bits per heavy atom. The molecule has 0 atom stereocenters. The summed E-state index contributed by atoms with van der Waals surface area (Å²) < 4.78 is 60.9. The van der Waals surface area contributed by atoms with E-state index in [4.69, 9.17) is 16.3 Å². The van der Waals surface area contributed by atoms with E-state index in [2.05, 4.69) is 4.72 Å². The fraction of sp³-hybridized carbons (Fsp3) is 0.182. The van der Waals surface area contributed by atoms with Crippen LogP contribution in [-0.2, 0) is 26.5 Å². The van der Waals surface area contributed by atoms with Crippen molar-refractivity contribution in [3.63, 3.8) is 0 Å². The lowest BCUT2D eigenvalue weighted by molar-refractivity contribution is 0.414. The van der Waals surface area contributed by atoms with E-state index in [1.807, 2.05) is 0 Å². The number of nitrogens with zero attached hydrogens (tertiary/aromatic N) is 1. The number of halogens is 1. The zero-order valence-electron chi connectivity index (χ0n) is 17.2. The highest BCUT2D eigenvalue weighted by Crippen LogP contribution is 2.34. The molecule has 1 N–H and O–H groups in total. The van der Waals surface area contributed by atoms with Crippen LogP contribution in [-0.4, -0.2) is 30.5 Å². The Morgan fingerprint density at radius 1 is 0.938 bits per heavy atom. The number of aryl methyl sites for hydroxylation is 1. The van der Waals surface area contributed by atoms with Crippen molar-refractivity contribution in [1.82, 2.24) is 0 Å². The number of nitrogens with one attached hydrogen (secondary N) is 1. The lowest BCUT2D eigenvalue weighted by atomic mass is 10.0. The number of ether oxygens (including phenoxy) is 1. The molecular weight excluding hydrogens is 472 g/mol. The molecule has 10 heteroatoms. The van der Waals surface area contributed by atoms with Crippen LogP contribution in [0.4, 0.5) is 11.4 Å². The minimum absolute atomic E-state index is 0.0476. The van der Waals surface area contributed by atoms with Gasteiger partial charge in [-0.05, 0) is 79.1 Å². The van der Waals surface area contributed by atoms with Gasteiger partial charge in [-0.2, -0.15) is 0 Å². The molecule has 0 aliphatic carbocycles. The van der Waals surface area contributed by atoms with Crippen molar-refractivity contribution in [3.05, 3.63) is 77.3 Å². The van der Waals surface area contributed by atoms with E-state index < -0.39 is 20.0 Å². The minimum Gasteiger partial charge on any atom is -0.497 e. The quantitative estimate of drug-likeness (QED) is 0.554. The first kappa shape index (κ1) is 22.4. The van der Waals surface area contributed by atoms with Crippen LogP contribution < -0.4 is 13.8 Å². The summed E-state index contributed by atoms with van der Waals surface area (Å²) in [6.45, 7) is 0.342. The molecule has 0 bridgehead atoms. The molecule has 0 spiro atoms. The van der Waals surface area contributed by atoms with E-state index in [1.165, 1.54) is 35.7 Å². The average molecular weight is 493 g/mol. The van der Waals surface area contributed by atoms with Crippen molar-refractivity contribution < 1.29 is 21.6 Å². The van der Waals surface area contributed by atoms with Gasteiger partial charge >= 0.3 is 0 Å². The first-order valence-electron chi connectivity index (χ1n) is 9.79. The topological polar surface area (TPSA) is 92.8 Å². The maximum absolute atomic E-state index is 13.2. The van der Waals surface area contributed by atoms with Crippen molar-refractivity contribution >= 4 is 43.0 Å². The third kappa shape index (κ3) is 4.41. The number of hydrogen-bond acceptors (Lipinski definition) is 5. The van der Waals surface area contributed by atoms with Gasteiger partial charge in [-0.15, -0.1) is 0 Å². The Labute approximate surface area is 192 Å². The molecule has 1 heterocycles. The number of methoxy groups -OCH3 is 1. The second-order valence-corrected chi connectivity index (χ2v) is 11.2. The monoisotopic (exact) mass is 492 g/mol. The highest BCUT2D eigenvalue weighted by Gasteiger charge is 2.29. The number of hydrogen-bond donors (Lipinski definition) is 1. The fourth-order valence-corrected chi connectivity index (χ4v) is 6.49. The third-order valence-corrected chi connectivity index (χ3v) is 8.60. The van der Waals surface area contributed by atoms with Crippen LogP contribution >= 0.6 is 11.6 Å². The van der Waals surface area contributed by atoms with Crippen molar-refractivity contribution in [2.45, 2.75) is 22.6 Å². The second kappa shape index (κ2) is 8.65. The Bertz CT molecular complexity index is 1360. The fourth-order valence-electron chi connectivity index (χ4n) is 3.60. The molecule has 168 valence electrons. The van der Waals surface area contributed by atoms with Gasteiger partial charge in [0, 0.05) is 17.3 Å². The highest BCUT2D eigenvalue weighted by molar-refractivity contribution is 7.93. The number of rotatable bonds is 6. The zero-order valence-corrected chi connectivity index (χ0v) is 19.5. The van der Waals surface area contributed by atoms with Gasteiger partial charge < -0.3 is 4.74 Å².